The molecule has 2 rings (SSSR count). The first kappa shape index (κ1) is 11.2. The highest BCUT2D eigenvalue weighted by molar-refractivity contribution is 7.09. The molecule has 0 bridgehead atoms. The van der Waals surface area contributed by atoms with E-state index in [0.717, 1.165) is 12.1 Å². The zero-order valence-corrected chi connectivity index (χ0v) is 9.05. The number of nitrogens with zero attached hydrogens (tertiary/aromatic N) is 1. The summed E-state index contributed by atoms with van der Waals surface area (Å²) in [6, 6.07) is 3.60. The Balaban J connectivity index is 2.12. The second-order valence-electron chi connectivity index (χ2n) is 3.34. The molecule has 0 aliphatic heterocycles. The summed E-state index contributed by atoms with van der Waals surface area (Å²) in [5.74, 6) is -1.78. The van der Waals surface area contributed by atoms with Gasteiger partial charge in [-0.05, 0) is 17.7 Å². The zero-order chi connectivity index (χ0) is 11.5. The highest BCUT2D eigenvalue weighted by atomic mass is 32.1. The minimum atomic E-state index is -0.899. The van der Waals surface area contributed by atoms with Gasteiger partial charge in [0.15, 0.2) is 11.6 Å². The second kappa shape index (κ2) is 4.67. The van der Waals surface area contributed by atoms with Crippen molar-refractivity contribution in [2.24, 2.45) is 0 Å². The molecule has 1 unspecified atom stereocenters. The highest BCUT2D eigenvalue weighted by Gasteiger charge is 2.12. The van der Waals surface area contributed by atoms with Crippen molar-refractivity contribution in [1.29, 1.82) is 0 Å². The summed E-state index contributed by atoms with van der Waals surface area (Å²) >= 11 is 1.33. The summed E-state index contributed by atoms with van der Waals surface area (Å²) in [6.07, 6.45) is 1.05. The van der Waals surface area contributed by atoms with E-state index >= 15 is 0 Å². The molecule has 0 saturated heterocycles. The van der Waals surface area contributed by atoms with E-state index < -0.39 is 17.7 Å². The van der Waals surface area contributed by atoms with Gasteiger partial charge in [-0.1, -0.05) is 6.07 Å². The highest BCUT2D eigenvalue weighted by Crippen LogP contribution is 2.21. The molecule has 1 heterocycles. The maximum Gasteiger partial charge on any atom is 0.159 e. The summed E-state index contributed by atoms with van der Waals surface area (Å²) in [5.41, 5.74) is 0.543. The fourth-order valence-corrected chi connectivity index (χ4v) is 2.00. The predicted octanol–water partition coefficient (Wildman–Crippen LogP) is 2.70. The lowest BCUT2D eigenvalue weighted by molar-refractivity contribution is 0.178. The van der Waals surface area contributed by atoms with Gasteiger partial charge < -0.3 is 5.11 Å². The summed E-state index contributed by atoms with van der Waals surface area (Å²) in [6.45, 7) is 0. The third-order valence-corrected chi connectivity index (χ3v) is 3.03. The number of thiazole rings is 1. The van der Waals surface area contributed by atoms with Gasteiger partial charge in [-0.15, -0.1) is 11.3 Å². The van der Waals surface area contributed by atoms with E-state index in [4.69, 9.17) is 0 Å². The minimum absolute atomic E-state index is 0.227. The molecule has 0 spiro atoms. The fraction of sp³-hybridized carbons (Fsp3) is 0.182. The number of aliphatic hydroxyl groups excluding tert-OH is 1. The first-order valence-corrected chi connectivity index (χ1v) is 5.56. The van der Waals surface area contributed by atoms with Gasteiger partial charge in [-0.3, -0.25) is 0 Å². The lowest BCUT2D eigenvalue weighted by Gasteiger charge is -2.07. The minimum Gasteiger partial charge on any atom is -0.386 e. The van der Waals surface area contributed by atoms with E-state index in [1.54, 1.807) is 11.6 Å². The van der Waals surface area contributed by atoms with Crippen molar-refractivity contribution < 1.29 is 13.9 Å². The Morgan fingerprint density at radius 2 is 2.12 bits per heavy atom. The third-order valence-electron chi connectivity index (χ3n) is 2.15. The Hall–Kier alpha value is -1.33. The first-order chi connectivity index (χ1) is 7.66. The van der Waals surface area contributed by atoms with Crippen LogP contribution in [0.3, 0.4) is 0 Å². The lowest BCUT2D eigenvalue weighted by atomic mass is 10.1. The van der Waals surface area contributed by atoms with Crippen molar-refractivity contribution in [3.05, 3.63) is 52.0 Å². The van der Waals surface area contributed by atoms with Crippen LogP contribution in [-0.2, 0) is 6.42 Å². The van der Waals surface area contributed by atoms with Crippen molar-refractivity contribution in [1.82, 2.24) is 4.98 Å². The van der Waals surface area contributed by atoms with Crippen LogP contribution in [0.4, 0.5) is 8.78 Å². The number of halogens is 2. The van der Waals surface area contributed by atoms with Gasteiger partial charge in [0.25, 0.3) is 0 Å². The van der Waals surface area contributed by atoms with Crippen LogP contribution in [0, 0.1) is 11.6 Å². The van der Waals surface area contributed by atoms with Crippen LogP contribution in [0.2, 0.25) is 0 Å². The number of hydrogen-bond acceptors (Lipinski definition) is 3. The molecule has 2 aromatic rings. The molecule has 0 aliphatic carbocycles. The van der Waals surface area contributed by atoms with Gasteiger partial charge >= 0.3 is 0 Å². The number of hydrogen-bond donors (Lipinski definition) is 1. The van der Waals surface area contributed by atoms with E-state index in [2.05, 4.69) is 4.98 Å². The van der Waals surface area contributed by atoms with Crippen molar-refractivity contribution in [3.8, 4) is 0 Å². The molecule has 2 nitrogen and oxygen atoms in total. The van der Waals surface area contributed by atoms with Crippen LogP contribution < -0.4 is 0 Å². The smallest absolute Gasteiger partial charge is 0.159 e. The molecule has 0 radical (unpaired) electrons. The predicted molar refractivity (Wildman–Crippen MR) is 57.1 cm³/mol. The molecule has 84 valence electrons. The van der Waals surface area contributed by atoms with Crippen LogP contribution in [0.1, 0.15) is 16.7 Å². The molecule has 1 aromatic carbocycles. The van der Waals surface area contributed by atoms with E-state index in [1.807, 2.05) is 0 Å². The molecule has 0 saturated carbocycles. The molecule has 1 N–H and O–H groups in total. The van der Waals surface area contributed by atoms with Gasteiger partial charge in [-0.2, -0.15) is 0 Å². The van der Waals surface area contributed by atoms with E-state index in [-0.39, 0.29) is 6.42 Å². The quantitative estimate of drug-likeness (QED) is 0.896. The Morgan fingerprint density at radius 1 is 1.31 bits per heavy atom. The number of aliphatic hydroxyl groups is 1. The molecule has 0 fully saturated rings. The van der Waals surface area contributed by atoms with Crippen molar-refractivity contribution in [2.75, 3.05) is 0 Å². The lowest BCUT2D eigenvalue weighted by Crippen LogP contribution is -2.01. The molecule has 5 heteroatoms. The van der Waals surface area contributed by atoms with Gasteiger partial charge in [0.1, 0.15) is 11.1 Å². The van der Waals surface area contributed by atoms with Crippen molar-refractivity contribution in [2.45, 2.75) is 12.5 Å². The Morgan fingerprint density at radius 3 is 2.75 bits per heavy atom. The number of aromatic nitrogens is 1. The largest absolute Gasteiger partial charge is 0.386 e. The van der Waals surface area contributed by atoms with Gasteiger partial charge in [0.2, 0.25) is 0 Å². The Kier molecular flexibility index (Phi) is 3.26. The zero-order valence-electron chi connectivity index (χ0n) is 8.23. The maximum atomic E-state index is 12.9. The van der Waals surface area contributed by atoms with Crippen LogP contribution in [0.15, 0.2) is 29.8 Å². The fourth-order valence-electron chi connectivity index (χ4n) is 1.38. The normalized spacial score (nSPS) is 12.7. The maximum absolute atomic E-state index is 12.9. The van der Waals surface area contributed by atoms with E-state index in [1.165, 1.54) is 17.4 Å². The van der Waals surface area contributed by atoms with Crippen molar-refractivity contribution in [3.63, 3.8) is 0 Å². The Labute approximate surface area is 95.2 Å². The van der Waals surface area contributed by atoms with Gasteiger partial charge in [0, 0.05) is 18.0 Å². The SMILES string of the molecule is OC(Cc1ccc(F)c(F)c1)c1nccs1. The van der Waals surface area contributed by atoms with E-state index in [0.29, 0.717) is 10.6 Å². The summed E-state index contributed by atoms with van der Waals surface area (Å²) in [4.78, 5) is 3.95. The molecule has 0 amide bonds. The monoisotopic (exact) mass is 241 g/mol. The summed E-state index contributed by atoms with van der Waals surface area (Å²) < 4.78 is 25.6. The van der Waals surface area contributed by atoms with E-state index in [9.17, 15) is 13.9 Å². The molecule has 0 aliphatic rings. The van der Waals surface area contributed by atoms with Crippen LogP contribution in [0.25, 0.3) is 0 Å². The number of rotatable bonds is 3. The third kappa shape index (κ3) is 2.43. The molecule has 16 heavy (non-hydrogen) atoms. The number of benzene rings is 1. The topological polar surface area (TPSA) is 33.1 Å². The molecular weight excluding hydrogens is 232 g/mol. The van der Waals surface area contributed by atoms with Crippen LogP contribution in [0.5, 0.6) is 0 Å². The van der Waals surface area contributed by atoms with Crippen LogP contribution in [-0.4, -0.2) is 10.1 Å². The first-order valence-electron chi connectivity index (χ1n) is 4.68. The second-order valence-corrected chi connectivity index (χ2v) is 4.26. The van der Waals surface area contributed by atoms with Crippen LogP contribution >= 0.6 is 11.3 Å². The molecular formula is C11H9F2NOS. The molecule has 1 atom stereocenters. The molecule has 1 aromatic heterocycles. The van der Waals surface area contributed by atoms with Gasteiger partial charge in [0.05, 0.1) is 0 Å². The summed E-state index contributed by atoms with van der Waals surface area (Å²) in [7, 11) is 0. The Bertz CT molecular complexity index is 473. The van der Waals surface area contributed by atoms with Gasteiger partial charge in [-0.25, -0.2) is 13.8 Å². The summed E-state index contributed by atoms with van der Waals surface area (Å²) in [5, 5.41) is 12.1. The standard InChI is InChI=1S/C11H9F2NOS/c12-8-2-1-7(5-9(8)13)6-10(15)11-14-3-4-16-11/h1-5,10,15H,6H2. The van der Waals surface area contributed by atoms with Crippen molar-refractivity contribution >= 4 is 11.3 Å². The average Bonchev–Trinajstić information content (AvgIpc) is 2.77. The average molecular weight is 241 g/mol.